The SMILES string of the molecule is COCCNC(=O)CNc1nc(N)nc(N(C)C)n1. The van der Waals surface area contributed by atoms with Crippen molar-refractivity contribution in [3.05, 3.63) is 0 Å². The number of anilines is 3. The van der Waals surface area contributed by atoms with Gasteiger partial charge in [0.2, 0.25) is 23.8 Å². The molecule has 4 N–H and O–H groups in total. The molecule has 0 atom stereocenters. The maximum absolute atomic E-state index is 11.5. The van der Waals surface area contributed by atoms with Crippen molar-refractivity contribution in [3.63, 3.8) is 0 Å². The highest BCUT2D eigenvalue weighted by molar-refractivity contribution is 5.80. The van der Waals surface area contributed by atoms with E-state index in [-0.39, 0.29) is 24.3 Å². The fourth-order valence-corrected chi connectivity index (χ4v) is 1.17. The predicted molar refractivity (Wildman–Crippen MR) is 71.9 cm³/mol. The number of carbonyl (C=O) groups is 1. The van der Waals surface area contributed by atoms with Crippen molar-refractivity contribution in [2.75, 3.05) is 56.9 Å². The van der Waals surface area contributed by atoms with E-state index in [0.717, 1.165) is 0 Å². The van der Waals surface area contributed by atoms with Crippen LogP contribution in [0.2, 0.25) is 0 Å². The lowest BCUT2D eigenvalue weighted by molar-refractivity contribution is -0.119. The highest BCUT2D eigenvalue weighted by atomic mass is 16.5. The number of carbonyl (C=O) groups excluding carboxylic acids is 1. The van der Waals surface area contributed by atoms with Crippen LogP contribution in [0.5, 0.6) is 0 Å². The Morgan fingerprint density at radius 3 is 2.74 bits per heavy atom. The zero-order valence-electron chi connectivity index (χ0n) is 11.3. The third-order valence-electron chi connectivity index (χ3n) is 2.08. The van der Waals surface area contributed by atoms with Crippen molar-refractivity contribution < 1.29 is 9.53 Å². The summed E-state index contributed by atoms with van der Waals surface area (Å²) in [7, 11) is 5.15. The summed E-state index contributed by atoms with van der Waals surface area (Å²) in [4.78, 5) is 25.1. The molecule has 0 aliphatic carbocycles. The fraction of sp³-hybridized carbons (Fsp3) is 0.600. The van der Waals surface area contributed by atoms with Crippen LogP contribution in [-0.4, -0.2) is 61.8 Å². The molecule has 0 saturated carbocycles. The van der Waals surface area contributed by atoms with Crippen molar-refractivity contribution in [1.29, 1.82) is 0 Å². The van der Waals surface area contributed by atoms with Crippen LogP contribution < -0.4 is 21.3 Å². The number of nitrogens with one attached hydrogen (secondary N) is 2. The molecule has 19 heavy (non-hydrogen) atoms. The van der Waals surface area contributed by atoms with Gasteiger partial charge in [-0.1, -0.05) is 0 Å². The monoisotopic (exact) mass is 269 g/mol. The normalized spacial score (nSPS) is 10.1. The predicted octanol–water partition coefficient (Wildman–Crippen LogP) is -1.31. The van der Waals surface area contributed by atoms with Gasteiger partial charge in [-0.05, 0) is 0 Å². The molecule has 106 valence electrons. The van der Waals surface area contributed by atoms with Gasteiger partial charge in [0.15, 0.2) is 0 Å². The molecule has 0 bridgehead atoms. The summed E-state index contributed by atoms with van der Waals surface area (Å²) in [5, 5.41) is 5.45. The molecule has 0 saturated heterocycles. The molecule has 1 aromatic heterocycles. The zero-order chi connectivity index (χ0) is 14.3. The Morgan fingerprint density at radius 2 is 2.11 bits per heavy atom. The minimum atomic E-state index is -0.178. The Kier molecular flexibility index (Phi) is 5.73. The van der Waals surface area contributed by atoms with Crippen molar-refractivity contribution in [2.45, 2.75) is 0 Å². The van der Waals surface area contributed by atoms with E-state index in [1.807, 2.05) is 0 Å². The Morgan fingerprint density at radius 1 is 1.37 bits per heavy atom. The smallest absolute Gasteiger partial charge is 0.239 e. The van der Waals surface area contributed by atoms with Gasteiger partial charge in [-0.25, -0.2) is 0 Å². The van der Waals surface area contributed by atoms with Crippen molar-refractivity contribution in [1.82, 2.24) is 20.3 Å². The van der Waals surface area contributed by atoms with E-state index < -0.39 is 0 Å². The molecule has 1 heterocycles. The summed E-state index contributed by atoms with van der Waals surface area (Å²) < 4.78 is 4.82. The number of nitrogens with two attached hydrogens (primary N) is 1. The number of rotatable bonds is 7. The molecule has 1 aromatic rings. The molecule has 0 aliphatic rings. The van der Waals surface area contributed by atoms with Gasteiger partial charge in [-0.2, -0.15) is 15.0 Å². The molecule has 9 heteroatoms. The highest BCUT2D eigenvalue weighted by Crippen LogP contribution is 2.08. The first-order chi connectivity index (χ1) is 9.02. The van der Waals surface area contributed by atoms with E-state index in [2.05, 4.69) is 25.6 Å². The van der Waals surface area contributed by atoms with Gasteiger partial charge in [-0.15, -0.1) is 0 Å². The second-order valence-corrected chi connectivity index (χ2v) is 3.91. The van der Waals surface area contributed by atoms with Gasteiger partial charge in [0.25, 0.3) is 0 Å². The van der Waals surface area contributed by atoms with E-state index >= 15 is 0 Å². The lowest BCUT2D eigenvalue weighted by Gasteiger charge is -2.12. The number of aromatic nitrogens is 3. The van der Waals surface area contributed by atoms with Crippen LogP contribution >= 0.6 is 0 Å². The number of hydrogen-bond acceptors (Lipinski definition) is 8. The third kappa shape index (κ3) is 5.34. The number of hydrogen-bond donors (Lipinski definition) is 3. The van der Waals surface area contributed by atoms with Crippen LogP contribution in [-0.2, 0) is 9.53 Å². The van der Waals surface area contributed by atoms with Crippen LogP contribution in [0.25, 0.3) is 0 Å². The summed E-state index contributed by atoms with van der Waals surface area (Å²) in [5.74, 6) is 0.608. The van der Waals surface area contributed by atoms with E-state index in [1.165, 1.54) is 0 Å². The maximum Gasteiger partial charge on any atom is 0.239 e. The molecular weight excluding hydrogens is 250 g/mol. The third-order valence-corrected chi connectivity index (χ3v) is 2.08. The summed E-state index contributed by atoms with van der Waals surface area (Å²) in [6.45, 7) is 0.981. The van der Waals surface area contributed by atoms with Crippen molar-refractivity contribution in [2.24, 2.45) is 0 Å². The van der Waals surface area contributed by atoms with Crippen LogP contribution in [0.3, 0.4) is 0 Å². The average molecular weight is 269 g/mol. The number of nitrogens with zero attached hydrogens (tertiary/aromatic N) is 4. The Balaban J connectivity index is 2.50. The van der Waals surface area contributed by atoms with E-state index in [4.69, 9.17) is 10.5 Å². The molecule has 0 unspecified atom stereocenters. The first-order valence-electron chi connectivity index (χ1n) is 5.71. The number of amides is 1. The van der Waals surface area contributed by atoms with Gasteiger partial charge in [0.05, 0.1) is 13.2 Å². The van der Waals surface area contributed by atoms with Gasteiger partial charge >= 0.3 is 0 Å². The molecule has 1 amide bonds. The van der Waals surface area contributed by atoms with Gasteiger partial charge in [0.1, 0.15) is 0 Å². The first kappa shape index (κ1) is 14.9. The second kappa shape index (κ2) is 7.31. The summed E-state index contributed by atoms with van der Waals surface area (Å²) in [6, 6.07) is 0. The number of ether oxygens (including phenoxy) is 1. The fourth-order valence-electron chi connectivity index (χ4n) is 1.17. The van der Waals surface area contributed by atoms with Crippen LogP contribution in [0, 0.1) is 0 Å². The molecular formula is C10H19N7O2. The van der Waals surface area contributed by atoms with Crippen LogP contribution in [0.4, 0.5) is 17.8 Å². The quantitative estimate of drug-likeness (QED) is 0.522. The molecule has 0 aliphatic heterocycles. The molecule has 1 rings (SSSR count). The largest absolute Gasteiger partial charge is 0.383 e. The van der Waals surface area contributed by atoms with Crippen molar-refractivity contribution in [3.8, 4) is 0 Å². The van der Waals surface area contributed by atoms with E-state index in [9.17, 15) is 4.79 Å². The molecule has 0 radical (unpaired) electrons. The summed E-state index contributed by atoms with van der Waals surface area (Å²) in [6.07, 6.45) is 0. The highest BCUT2D eigenvalue weighted by Gasteiger charge is 2.07. The second-order valence-electron chi connectivity index (χ2n) is 3.91. The standard InChI is InChI=1S/C10H19N7O2/c1-17(2)10-15-8(11)14-9(16-10)13-6-7(18)12-4-5-19-3/h4-6H2,1-3H3,(H,12,18)(H3,11,13,14,15,16). The van der Waals surface area contributed by atoms with Gasteiger partial charge in [0, 0.05) is 27.7 Å². The van der Waals surface area contributed by atoms with Crippen LogP contribution in [0.15, 0.2) is 0 Å². The maximum atomic E-state index is 11.5. The van der Waals surface area contributed by atoms with E-state index in [0.29, 0.717) is 19.1 Å². The lowest BCUT2D eigenvalue weighted by Crippen LogP contribution is -2.32. The minimum absolute atomic E-state index is 0.0556. The first-order valence-corrected chi connectivity index (χ1v) is 5.71. The summed E-state index contributed by atoms with van der Waals surface area (Å²) in [5.41, 5.74) is 5.56. The van der Waals surface area contributed by atoms with Gasteiger partial charge in [-0.3, -0.25) is 4.79 Å². The minimum Gasteiger partial charge on any atom is -0.383 e. The summed E-state index contributed by atoms with van der Waals surface area (Å²) >= 11 is 0. The average Bonchev–Trinajstić information content (AvgIpc) is 2.36. The van der Waals surface area contributed by atoms with Gasteiger partial charge < -0.3 is 26.0 Å². The molecule has 0 spiro atoms. The molecule has 9 nitrogen and oxygen atoms in total. The van der Waals surface area contributed by atoms with Crippen LogP contribution in [0.1, 0.15) is 0 Å². The Hall–Kier alpha value is -2.16. The van der Waals surface area contributed by atoms with E-state index in [1.54, 1.807) is 26.1 Å². The van der Waals surface area contributed by atoms with Crippen molar-refractivity contribution >= 4 is 23.8 Å². The molecule has 0 aromatic carbocycles. The number of methoxy groups -OCH3 is 1. The lowest BCUT2D eigenvalue weighted by atomic mass is 10.5. The number of nitrogen functional groups attached to an aromatic ring is 1. The Labute approximate surface area is 111 Å². The topological polar surface area (TPSA) is 118 Å². The Bertz CT molecular complexity index is 424. The molecule has 0 fully saturated rings. The zero-order valence-corrected chi connectivity index (χ0v) is 11.3.